The molecule has 90 valence electrons. The normalized spacial score (nSPS) is 10.7. The molecule has 3 aromatic rings. The van der Waals surface area contributed by atoms with Gasteiger partial charge < -0.3 is 10.3 Å². The second kappa shape index (κ2) is 4.66. The zero-order valence-corrected chi connectivity index (χ0v) is 10.3. The molecule has 5 heteroatoms. The minimum absolute atomic E-state index is 0.621. The van der Waals surface area contributed by atoms with E-state index < -0.39 is 0 Å². The van der Waals surface area contributed by atoms with Crippen molar-refractivity contribution in [3.8, 4) is 0 Å². The number of aromatic amines is 1. The third-order valence-electron chi connectivity index (χ3n) is 2.65. The molecule has 3 aromatic heterocycles. The van der Waals surface area contributed by atoms with Crippen LogP contribution in [0.4, 0.5) is 5.82 Å². The number of pyridine rings is 2. The molecule has 0 aliphatic carbocycles. The lowest BCUT2D eigenvalue weighted by atomic mass is 10.3. The van der Waals surface area contributed by atoms with Crippen LogP contribution in [-0.2, 0) is 6.54 Å². The molecule has 0 aliphatic heterocycles. The van der Waals surface area contributed by atoms with Crippen LogP contribution in [0, 0.1) is 0 Å². The molecule has 0 fully saturated rings. The Morgan fingerprint density at radius 1 is 1.28 bits per heavy atom. The van der Waals surface area contributed by atoms with Gasteiger partial charge in [-0.05, 0) is 24.3 Å². The van der Waals surface area contributed by atoms with E-state index in [2.05, 4.69) is 20.3 Å². The van der Waals surface area contributed by atoms with E-state index in [-0.39, 0.29) is 0 Å². The fraction of sp³-hybridized carbons (Fsp3) is 0.0769. The summed E-state index contributed by atoms with van der Waals surface area (Å²) in [5.74, 6) is 0.737. The average molecular weight is 259 g/mol. The van der Waals surface area contributed by atoms with Crippen LogP contribution in [0.15, 0.2) is 42.7 Å². The first-order valence-corrected chi connectivity index (χ1v) is 5.98. The molecular formula is C13H11ClN4. The van der Waals surface area contributed by atoms with Crippen LogP contribution in [0.3, 0.4) is 0 Å². The summed E-state index contributed by atoms with van der Waals surface area (Å²) in [6.45, 7) is 0.621. The van der Waals surface area contributed by atoms with E-state index >= 15 is 0 Å². The quantitative estimate of drug-likeness (QED) is 0.758. The average Bonchev–Trinajstić information content (AvgIpc) is 2.86. The highest BCUT2D eigenvalue weighted by Crippen LogP contribution is 2.24. The molecule has 0 unspecified atom stereocenters. The minimum Gasteiger partial charge on any atom is -0.364 e. The number of rotatable bonds is 3. The van der Waals surface area contributed by atoms with Crippen LogP contribution in [0.5, 0.6) is 0 Å². The number of hydrogen-bond acceptors (Lipinski definition) is 3. The first-order valence-electron chi connectivity index (χ1n) is 5.60. The fourth-order valence-corrected chi connectivity index (χ4v) is 2.03. The van der Waals surface area contributed by atoms with Crippen molar-refractivity contribution in [3.05, 3.63) is 53.4 Å². The zero-order valence-electron chi connectivity index (χ0n) is 9.52. The lowest BCUT2D eigenvalue weighted by Gasteiger charge is -2.06. The van der Waals surface area contributed by atoms with E-state index in [1.54, 1.807) is 6.20 Å². The first-order chi connectivity index (χ1) is 8.83. The Hall–Kier alpha value is -2.07. The summed E-state index contributed by atoms with van der Waals surface area (Å²) in [6, 6.07) is 9.54. The lowest BCUT2D eigenvalue weighted by molar-refractivity contribution is 1.03. The first kappa shape index (κ1) is 11.0. The van der Waals surface area contributed by atoms with Gasteiger partial charge in [0, 0.05) is 17.8 Å². The van der Waals surface area contributed by atoms with Gasteiger partial charge in [-0.25, -0.2) is 4.98 Å². The van der Waals surface area contributed by atoms with Gasteiger partial charge in [0.05, 0.1) is 17.3 Å². The maximum Gasteiger partial charge on any atom is 0.141 e. The van der Waals surface area contributed by atoms with Crippen molar-refractivity contribution in [3.63, 3.8) is 0 Å². The van der Waals surface area contributed by atoms with Gasteiger partial charge in [-0.1, -0.05) is 17.7 Å². The Kier molecular flexibility index (Phi) is 2.86. The molecule has 0 radical (unpaired) electrons. The predicted molar refractivity (Wildman–Crippen MR) is 72.7 cm³/mol. The monoisotopic (exact) mass is 258 g/mol. The van der Waals surface area contributed by atoms with Gasteiger partial charge in [-0.2, -0.15) is 0 Å². The number of hydrogen-bond donors (Lipinski definition) is 2. The molecule has 4 nitrogen and oxygen atoms in total. The second-order valence-electron chi connectivity index (χ2n) is 3.90. The Labute approximate surface area is 109 Å². The summed E-state index contributed by atoms with van der Waals surface area (Å²) in [6.07, 6.45) is 3.59. The van der Waals surface area contributed by atoms with Crippen molar-refractivity contribution in [2.45, 2.75) is 6.54 Å². The molecule has 0 saturated carbocycles. The van der Waals surface area contributed by atoms with E-state index in [4.69, 9.17) is 11.6 Å². The van der Waals surface area contributed by atoms with E-state index in [0.717, 1.165) is 22.5 Å². The highest BCUT2D eigenvalue weighted by molar-refractivity contribution is 6.35. The van der Waals surface area contributed by atoms with Crippen molar-refractivity contribution in [2.24, 2.45) is 0 Å². The Balaban J connectivity index is 1.82. The number of anilines is 1. The van der Waals surface area contributed by atoms with Crippen LogP contribution < -0.4 is 5.32 Å². The third-order valence-corrected chi connectivity index (χ3v) is 2.97. The summed E-state index contributed by atoms with van der Waals surface area (Å²) in [7, 11) is 0. The second-order valence-corrected chi connectivity index (χ2v) is 4.31. The van der Waals surface area contributed by atoms with E-state index in [1.807, 2.05) is 36.5 Å². The van der Waals surface area contributed by atoms with E-state index in [1.165, 1.54) is 0 Å². The number of halogens is 1. The molecule has 0 aliphatic rings. The predicted octanol–water partition coefficient (Wildman–Crippen LogP) is 3.22. The largest absolute Gasteiger partial charge is 0.364 e. The Morgan fingerprint density at radius 3 is 3.06 bits per heavy atom. The number of H-pyrrole nitrogens is 1. The van der Waals surface area contributed by atoms with Crippen LogP contribution in [0.2, 0.25) is 5.02 Å². The molecule has 0 aromatic carbocycles. The van der Waals surface area contributed by atoms with Crippen molar-refractivity contribution in [1.82, 2.24) is 15.0 Å². The summed E-state index contributed by atoms with van der Waals surface area (Å²) < 4.78 is 0. The molecule has 0 spiro atoms. The molecule has 0 bridgehead atoms. The van der Waals surface area contributed by atoms with Crippen LogP contribution >= 0.6 is 11.6 Å². The third kappa shape index (κ3) is 2.15. The highest BCUT2D eigenvalue weighted by Gasteiger charge is 2.04. The number of nitrogens with zero attached hydrogens (tertiary/aromatic N) is 2. The Morgan fingerprint density at radius 2 is 2.22 bits per heavy atom. The molecule has 0 amide bonds. The lowest BCUT2D eigenvalue weighted by Crippen LogP contribution is -2.02. The molecule has 3 rings (SSSR count). The van der Waals surface area contributed by atoms with Crippen molar-refractivity contribution in [1.29, 1.82) is 0 Å². The smallest absolute Gasteiger partial charge is 0.141 e. The summed E-state index contributed by atoms with van der Waals surface area (Å²) in [4.78, 5) is 11.7. The van der Waals surface area contributed by atoms with Crippen LogP contribution in [-0.4, -0.2) is 15.0 Å². The van der Waals surface area contributed by atoms with Crippen LogP contribution in [0.1, 0.15) is 5.69 Å². The fourth-order valence-electron chi connectivity index (χ4n) is 1.77. The van der Waals surface area contributed by atoms with Crippen molar-refractivity contribution in [2.75, 3.05) is 5.32 Å². The zero-order chi connectivity index (χ0) is 12.4. The summed E-state index contributed by atoms with van der Waals surface area (Å²) >= 11 is 6.17. The van der Waals surface area contributed by atoms with Gasteiger partial charge in [-0.15, -0.1) is 0 Å². The minimum atomic E-state index is 0.621. The molecule has 0 atom stereocenters. The molecule has 18 heavy (non-hydrogen) atoms. The van der Waals surface area contributed by atoms with E-state index in [0.29, 0.717) is 11.6 Å². The summed E-state index contributed by atoms with van der Waals surface area (Å²) in [5.41, 5.74) is 1.74. The van der Waals surface area contributed by atoms with Gasteiger partial charge in [0.25, 0.3) is 0 Å². The number of fused-ring (bicyclic) bond motifs is 1. The van der Waals surface area contributed by atoms with Gasteiger partial charge in [-0.3, -0.25) is 4.98 Å². The number of nitrogens with one attached hydrogen (secondary N) is 2. The van der Waals surface area contributed by atoms with Gasteiger partial charge >= 0.3 is 0 Å². The molecule has 0 saturated heterocycles. The topological polar surface area (TPSA) is 53.6 Å². The number of aromatic nitrogens is 3. The molecular weight excluding hydrogens is 248 g/mol. The molecule has 2 N–H and O–H groups in total. The van der Waals surface area contributed by atoms with Gasteiger partial charge in [0.2, 0.25) is 0 Å². The maximum absolute atomic E-state index is 6.17. The van der Waals surface area contributed by atoms with Crippen LogP contribution in [0.25, 0.3) is 11.0 Å². The van der Waals surface area contributed by atoms with Crippen molar-refractivity contribution >= 4 is 28.5 Å². The SMILES string of the molecule is Clc1cc(NCc2ccccn2)nc2[nH]ccc12. The standard InChI is InChI=1S/C13H11ClN4/c14-11-7-12(18-13-10(11)4-6-16-13)17-8-9-3-1-2-5-15-9/h1-7H,8H2,(H2,16,17,18). The molecule has 3 heterocycles. The maximum atomic E-state index is 6.17. The summed E-state index contributed by atoms with van der Waals surface area (Å²) in [5, 5.41) is 4.82. The van der Waals surface area contributed by atoms with Gasteiger partial charge in [0.1, 0.15) is 11.5 Å². The Bertz CT molecular complexity index is 663. The highest BCUT2D eigenvalue weighted by atomic mass is 35.5. The van der Waals surface area contributed by atoms with Gasteiger partial charge in [0.15, 0.2) is 0 Å². The van der Waals surface area contributed by atoms with E-state index in [9.17, 15) is 0 Å². The van der Waals surface area contributed by atoms with Crippen molar-refractivity contribution < 1.29 is 0 Å².